The number of hydrazone groups is 1. The van der Waals surface area contributed by atoms with Crippen LogP contribution in [0, 0.1) is 0 Å². The van der Waals surface area contributed by atoms with Gasteiger partial charge in [-0.1, -0.05) is 29.8 Å². The normalized spacial score (nSPS) is 10.6. The fourth-order valence-electron chi connectivity index (χ4n) is 2.60. The second kappa shape index (κ2) is 10.3. The monoisotopic (exact) mass is 424 g/mol. The van der Waals surface area contributed by atoms with E-state index >= 15 is 0 Å². The molecule has 0 aliphatic carbocycles. The molecule has 0 radical (unpaired) electrons. The van der Waals surface area contributed by atoms with Gasteiger partial charge in [-0.15, -0.1) is 0 Å². The SMILES string of the molecule is COc1cc(OC)cc(C(=O)N/N=C\c2ccc(OCc3ccccc3Cl)cc2)c1. The third-order valence-corrected chi connectivity index (χ3v) is 4.59. The highest BCUT2D eigenvalue weighted by molar-refractivity contribution is 6.31. The van der Waals surface area contributed by atoms with Crippen LogP contribution >= 0.6 is 11.6 Å². The van der Waals surface area contributed by atoms with Gasteiger partial charge >= 0.3 is 0 Å². The number of rotatable bonds is 8. The molecule has 1 N–H and O–H groups in total. The number of carbonyl (C=O) groups excluding carboxylic acids is 1. The van der Waals surface area contributed by atoms with Gasteiger partial charge in [0.1, 0.15) is 23.9 Å². The number of ether oxygens (including phenoxy) is 3. The summed E-state index contributed by atoms with van der Waals surface area (Å²) >= 11 is 6.13. The number of hydrogen-bond donors (Lipinski definition) is 1. The zero-order valence-electron chi connectivity index (χ0n) is 16.6. The first kappa shape index (κ1) is 21.2. The Morgan fingerprint density at radius 3 is 2.27 bits per heavy atom. The van der Waals surface area contributed by atoms with Crippen LogP contribution in [0.2, 0.25) is 5.02 Å². The van der Waals surface area contributed by atoms with E-state index in [9.17, 15) is 4.79 Å². The molecule has 0 fully saturated rings. The average Bonchev–Trinajstić information content (AvgIpc) is 2.79. The fraction of sp³-hybridized carbons (Fsp3) is 0.130. The van der Waals surface area contributed by atoms with E-state index in [0.717, 1.165) is 11.1 Å². The van der Waals surface area contributed by atoms with Crippen molar-refractivity contribution in [3.05, 3.63) is 88.4 Å². The van der Waals surface area contributed by atoms with Crippen molar-refractivity contribution in [3.63, 3.8) is 0 Å². The Balaban J connectivity index is 1.56. The Kier molecular flexibility index (Phi) is 7.29. The molecule has 0 bridgehead atoms. The van der Waals surface area contributed by atoms with Crippen molar-refractivity contribution in [2.45, 2.75) is 6.61 Å². The molecule has 1 amide bonds. The third-order valence-electron chi connectivity index (χ3n) is 4.23. The molecule has 0 atom stereocenters. The minimum atomic E-state index is -0.372. The Bertz CT molecular complexity index is 1010. The topological polar surface area (TPSA) is 69.2 Å². The van der Waals surface area contributed by atoms with Crippen molar-refractivity contribution in [1.82, 2.24) is 5.43 Å². The zero-order valence-corrected chi connectivity index (χ0v) is 17.3. The van der Waals surface area contributed by atoms with Crippen molar-refractivity contribution in [3.8, 4) is 17.2 Å². The molecule has 7 heteroatoms. The molecule has 154 valence electrons. The third kappa shape index (κ3) is 5.75. The Labute approximate surface area is 180 Å². The molecule has 0 heterocycles. The lowest BCUT2D eigenvalue weighted by Gasteiger charge is -2.08. The summed E-state index contributed by atoms with van der Waals surface area (Å²) in [6.45, 7) is 0.382. The van der Waals surface area contributed by atoms with Crippen LogP contribution in [0.15, 0.2) is 71.8 Å². The van der Waals surface area contributed by atoms with E-state index in [4.69, 9.17) is 25.8 Å². The van der Waals surface area contributed by atoms with Gasteiger partial charge in [-0.3, -0.25) is 4.79 Å². The molecule has 0 saturated heterocycles. The first-order chi connectivity index (χ1) is 14.6. The van der Waals surface area contributed by atoms with E-state index in [0.29, 0.717) is 34.4 Å². The molecular formula is C23H21ClN2O4. The highest BCUT2D eigenvalue weighted by Gasteiger charge is 2.09. The summed E-state index contributed by atoms with van der Waals surface area (Å²) in [6, 6.07) is 19.8. The van der Waals surface area contributed by atoms with E-state index in [2.05, 4.69) is 10.5 Å². The molecule has 6 nitrogen and oxygen atoms in total. The lowest BCUT2D eigenvalue weighted by Crippen LogP contribution is -2.17. The average molecular weight is 425 g/mol. The van der Waals surface area contributed by atoms with Crippen LogP contribution in [0.3, 0.4) is 0 Å². The van der Waals surface area contributed by atoms with Crippen molar-refractivity contribution in [2.75, 3.05) is 14.2 Å². The summed E-state index contributed by atoms with van der Waals surface area (Å²) in [5.41, 5.74) is 4.60. The van der Waals surface area contributed by atoms with Gasteiger partial charge < -0.3 is 14.2 Å². The lowest BCUT2D eigenvalue weighted by molar-refractivity contribution is 0.0954. The highest BCUT2D eigenvalue weighted by atomic mass is 35.5. The van der Waals surface area contributed by atoms with Crippen LogP contribution in [-0.2, 0) is 6.61 Å². The summed E-state index contributed by atoms with van der Waals surface area (Å²) in [4.78, 5) is 12.3. The Morgan fingerprint density at radius 2 is 1.63 bits per heavy atom. The van der Waals surface area contributed by atoms with Crippen LogP contribution < -0.4 is 19.6 Å². The molecule has 3 aromatic carbocycles. The predicted molar refractivity (Wildman–Crippen MR) is 117 cm³/mol. The van der Waals surface area contributed by atoms with Gasteiger partial charge in [-0.25, -0.2) is 5.43 Å². The maximum absolute atomic E-state index is 12.3. The molecular weight excluding hydrogens is 404 g/mol. The summed E-state index contributed by atoms with van der Waals surface area (Å²) < 4.78 is 16.1. The number of halogens is 1. The Hall–Kier alpha value is -3.51. The summed E-state index contributed by atoms with van der Waals surface area (Å²) in [5, 5.41) is 4.67. The van der Waals surface area contributed by atoms with Gasteiger partial charge in [0.2, 0.25) is 0 Å². The van der Waals surface area contributed by atoms with E-state index < -0.39 is 0 Å². The van der Waals surface area contributed by atoms with E-state index in [1.165, 1.54) is 14.2 Å². The second-order valence-corrected chi connectivity index (χ2v) is 6.66. The molecule has 0 unspecified atom stereocenters. The zero-order chi connectivity index (χ0) is 21.3. The standard InChI is InChI=1S/C23H21ClN2O4/c1-28-20-11-18(12-21(13-20)29-2)23(27)26-25-14-16-7-9-19(10-8-16)30-15-17-5-3-4-6-22(17)24/h3-14H,15H2,1-2H3,(H,26,27)/b25-14-. The summed E-state index contributed by atoms with van der Waals surface area (Å²) in [7, 11) is 3.05. The first-order valence-corrected chi connectivity index (χ1v) is 9.49. The summed E-state index contributed by atoms with van der Waals surface area (Å²) in [6.07, 6.45) is 1.55. The van der Waals surface area contributed by atoms with Crippen LogP contribution in [0.4, 0.5) is 0 Å². The molecule has 0 aromatic heterocycles. The number of hydrogen-bond acceptors (Lipinski definition) is 5. The smallest absolute Gasteiger partial charge is 0.271 e. The molecule has 0 aliphatic heterocycles. The van der Waals surface area contributed by atoms with Gasteiger partial charge in [0.15, 0.2) is 0 Å². The van der Waals surface area contributed by atoms with Gasteiger partial charge in [0.05, 0.1) is 20.4 Å². The van der Waals surface area contributed by atoms with Gasteiger partial charge in [-0.2, -0.15) is 5.10 Å². The predicted octanol–water partition coefficient (Wildman–Crippen LogP) is 4.70. The van der Waals surface area contributed by atoms with Crippen molar-refractivity contribution >= 4 is 23.7 Å². The highest BCUT2D eigenvalue weighted by Crippen LogP contribution is 2.22. The Morgan fingerprint density at radius 1 is 0.967 bits per heavy atom. The van der Waals surface area contributed by atoms with Gasteiger partial charge in [0, 0.05) is 22.2 Å². The quantitative estimate of drug-likeness (QED) is 0.420. The maximum Gasteiger partial charge on any atom is 0.271 e. The number of amides is 1. The fourth-order valence-corrected chi connectivity index (χ4v) is 2.79. The lowest BCUT2D eigenvalue weighted by atomic mass is 10.2. The van der Waals surface area contributed by atoms with Crippen LogP contribution in [0.25, 0.3) is 0 Å². The molecule has 3 aromatic rings. The minimum Gasteiger partial charge on any atom is -0.497 e. The van der Waals surface area contributed by atoms with E-state index in [-0.39, 0.29) is 5.91 Å². The molecule has 30 heavy (non-hydrogen) atoms. The van der Waals surface area contributed by atoms with Crippen LogP contribution in [-0.4, -0.2) is 26.3 Å². The minimum absolute atomic E-state index is 0.372. The second-order valence-electron chi connectivity index (χ2n) is 6.25. The van der Waals surface area contributed by atoms with E-state index in [1.807, 2.05) is 48.5 Å². The van der Waals surface area contributed by atoms with Crippen molar-refractivity contribution in [1.29, 1.82) is 0 Å². The summed E-state index contributed by atoms with van der Waals surface area (Å²) in [5.74, 6) is 1.38. The molecule has 0 saturated carbocycles. The molecule has 0 aliphatic rings. The number of carbonyl (C=O) groups is 1. The number of nitrogens with zero attached hydrogens (tertiary/aromatic N) is 1. The van der Waals surface area contributed by atoms with E-state index in [1.54, 1.807) is 24.4 Å². The number of nitrogens with one attached hydrogen (secondary N) is 1. The van der Waals surface area contributed by atoms with Crippen LogP contribution in [0.1, 0.15) is 21.5 Å². The van der Waals surface area contributed by atoms with Gasteiger partial charge in [0.25, 0.3) is 5.91 Å². The largest absolute Gasteiger partial charge is 0.497 e. The first-order valence-electron chi connectivity index (χ1n) is 9.12. The maximum atomic E-state index is 12.3. The van der Waals surface area contributed by atoms with Crippen molar-refractivity contribution < 1.29 is 19.0 Å². The van der Waals surface area contributed by atoms with Crippen LogP contribution in [0.5, 0.6) is 17.2 Å². The molecule has 3 rings (SSSR count). The van der Waals surface area contributed by atoms with Gasteiger partial charge in [-0.05, 0) is 48.0 Å². The van der Waals surface area contributed by atoms with Crippen molar-refractivity contribution in [2.24, 2.45) is 5.10 Å². The number of benzene rings is 3. The number of methoxy groups -OCH3 is 2. The molecule has 0 spiro atoms.